The van der Waals surface area contributed by atoms with Crippen molar-refractivity contribution in [3.8, 4) is 0 Å². The minimum Gasteiger partial charge on any atom is -0.466 e. The number of ether oxygens (including phenoxy) is 3. The second kappa shape index (κ2) is 64.4. The van der Waals surface area contributed by atoms with Crippen LogP contribution in [0.2, 0.25) is 0 Å². The van der Waals surface area contributed by atoms with Gasteiger partial charge in [-0.25, -0.2) is 0 Å². The van der Waals surface area contributed by atoms with E-state index in [1.54, 1.807) is 6.08 Å². The predicted molar refractivity (Wildman–Crippen MR) is 366 cm³/mol. The smallest absolute Gasteiger partial charge is 0.305 e. The van der Waals surface area contributed by atoms with Gasteiger partial charge in [-0.15, -0.1) is 0 Å². The first-order valence-corrected chi connectivity index (χ1v) is 36.4. The molecule has 0 aromatic carbocycles. The minimum absolute atomic E-state index is 0.00314. The maximum Gasteiger partial charge on any atom is 0.305 e. The molecule has 11 heteroatoms. The quantitative estimate of drug-likeness (QED) is 0.0195. The van der Waals surface area contributed by atoms with Crippen molar-refractivity contribution in [3.63, 3.8) is 0 Å². The Morgan fingerprint density at radius 3 is 1.25 bits per heavy atom. The monoisotopic (exact) mass is 1220 g/mol. The zero-order chi connectivity index (χ0) is 63.0. The zero-order valence-corrected chi connectivity index (χ0v) is 56.0. The molecule has 0 saturated carbocycles. The van der Waals surface area contributed by atoms with Gasteiger partial charge in [0.05, 0.1) is 32.0 Å². The van der Waals surface area contributed by atoms with Crippen molar-refractivity contribution in [2.75, 3.05) is 19.8 Å². The Hall–Kier alpha value is -3.16. The Morgan fingerprint density at radius 2 is 0.816 bits per heavy atom. The van der Waals surface area contributed by atoms with Crippen LogP contribution < -0.4 is 5.32 Å². The Kier molecular flexibility index (Phi) is 60.6. The van der Waals surface area contributed by atoms with Crippen LogP contribution in [0.1, 0.15) is 322 Å². The molecule has 1 saturated heterocycles. The number of hydrogen-bond donors (Lipinski definition) is 6. The largest absolute Gasteiger partial charge is 0.466 e. The molecule has 0 radical (unpaired) electrons. The van der Waals surface area contributed by atoms with Crippen LogP contribution in [-0.4, -0.2) is 100 Å². The first-order chi connectivity index (χ1) is 42.7. The summed E-state index contributed by atoms with van der Waals surface area (Å²) in [6.45, 7) is 4.19. The number of carbonyl (C=O) groups excluding carboxylic acids is 2. The van der Waals surface area contributed by atoms with Crippen molar-refractivity contribution in [2.45, 2.75) is 365 Å². The highest BCUT2D eigenvalue weighted by atomic mass is 16.7. The molecule has 0 spiro atoms. The number of aliphatic hydroxyl groups is 5. The summed E-state index contributed by atoms with van der Waals surface area (Å²) in [5, 5.41) is 54.3. The summed E-state index contributed by atoms with van der Waals surface area (Å²) in [6, 6.07) is -0.835. The van der Waals surface area contributed by atoms with Crippen LogP contribution in [0, 0.1) is 0 Å². The maximum atomic E-state index is 13.0. The van der Waals surface area contributed by atoms with Gasteiger partial charge in [-0.3, -0.25) is 9.59 Å². The predicted octanol–water partition coefficient (Wildman–Crippen LogP) is 18.8. The molecule has 87 heavy (non-hydrogen) atoms. The van der Waals surface area contributed by atoms with Gasteiger partial charge in [0.15, 0.2) is 6.29 Å². The van der Waals surface area contributed by atoms with Crippen LogP contribution in [0.25, 0.3) is 0 Å². The highest BCUT2D eigenvalue weighted by Crippen LogP contribution is 2.23. The summed E-state index contributed by atoms with van der Waals surface area (Å²) in [5.74, 6) is -0.202. The van der Waals surface area contributed by atoms with Gasteiger partial charge in [0, 0.05) is 12.8 Å². The zero-order valence-electron chi connectivity index (χ0n) is 56.0. The summed E-state index contributed by atoms with van der Waals surface area (Å²) in [4.78, 5) is 25.1. The molecule has 1 aliphatic heterocycles. The fourth-order valence-corrected chi connectivity index (χ4v) is 11.0. The lowest BCUT2D eigenvalue weighted by atomic mass is 9.99. The number of aliphatic hydroxyl groups excluding tert-OH is 5. The normalized spacial score (nSPS) is 18.4. The molecule has 0 bridgehead atoms. The van der Waals surface area contributed by atoms with E-state index in [1.165, 1.54) is 212 Å². The molecule has 0 aliphatic carbocycles. The topological polar surface area (TPSA) is 175 Å². The van der Waals surface area contributed by atoms with Crippen LogP contribution in [0.5, 0.6) is 0 Å². The van der Waals surface area contributed by atoms with Gasteiger partial charge in [-0.2, -0.15) is 0 Å². The van der Waals surface area contributed by atoms with E-state index in [0.717, 1.165) is 83.5 Å². The number of rotatable bonds is 63. The van der Waals surface area contributed by atoms with Crippen LogP contribution in [0.15, 0.2) is 85.1 Å². The summed E-state index contributed by atoms with van der Waals surface area (Å²) in [7, 11) is 0. The standard InChI is InChI=1S/C76H135NO10/c1-3-5-7-9-11-13-15-16-17-18-35-38-41-44-48-52-56-60-64-72(81)85-65-61-57-53-49-45-42-39-36-33-31-29-27-25-23-21-19-20-22-24-26-28-30-32-34-37-40-43-47-51-55-59-63-71(80)77-68(67-86-76-75(84)74(83)73(82)70(66-78)87-76)69(79)62-58-54-50-46-14-12-10-8-6-4-2/h6,8,13-15,17-18,21,23,27,29,46,58,62,68-70,73-76,78-79,82-84H,3-5,7,9-12,16,19-20,22,24-26,28,30-45,47-57,59-61,63-67H2,1-2H3,(H,77,80)/b8-6+,15-13-,18-17-,23-21-,29-27-,46-14+,62-58+. The molecule has 6 N–H and O–H groups in total. The van der Waals surface area contributed by atoms with E-state index in [-0.39, 0.29) is 18.5 Å². The van der Waals surface area contributed by atoms with Gasteiger partial charge in [0.25, 0.3) is 0 Å². The van der Waals surface area contributed by atoms with E-state index >= 15 is 0 Å². The van der Waals surface area contributed by atoms with Crippen LogP contribution in [0.3, 0.4) is 0 Å². The summed E-state index contributed by atoms with van der Waals surface area (Å²) in [6.07, 6.45) is 78.9. The highest BCUT2D eigenvalue weighted by Gasteiger charge is 2.44. The van der Waals surface area contributed by atoms with E-state index in [1.807, 2.05) is 6.08 Å². The van der Waals surface area contributed by atoms with E-state index in [4.69, 9.17) is 14.2 Å². The molecule has 1 heterocycles. The molecule has 7 atom stereocenters. The molecule has 7 unspecified atom stereocenters. The van der Waals surface area contributed by atoms with Gasteiger partial charge in [-0.05, 0) is 116 Å². The number of allylic oxidation sites excluding steroid dienone is 13. The van der Waals surface area contributed by atoms with Gasteiger partial charge >= 0.3 is 5.97 Å². The van der Waals surface area contributed by atoms with Crippen molar-refractivity contribution >= 4 is 11.9 Å². The molecule has 11 nitrogen and oxygen atoms in total. The van der Waals surface area contributed by atoms with Crippen LogP contribution in [-0.2, 0) is 23.8 Å². The third-order valence-electron chi connectivity index (χ3n) is 16.7. The molecule has 1 aliphatic rings. The van der Waals surface area contributed by atoms with Crippen molar-refractivity contribution in [2.24, 2.45) is 0 Å². The van der Waals surface area contributed by atoms with Crippen molar-refractivity contribution in [1.82, 2.24) is 5.32 Å². The second-order valence-electron chi connectivity index (χ2n) is 24.9. The Labute approximate surface area is 533 Å². The first kappa shape index (κ1) is 81.9. The number of carbonyl (C=O) groups is 2. The number of nitrogens with one attached hydrogen (secondary N) is 1. The Morgan fingerprint density at radius 1 is 0.437 bits per heavy atom. The number of esters is 1. The fraction of sp³-hybridized carbons (Fsp3) is 0.789. The lowest BCUT2D eigenvalue weighted by Crippen LogP contribution is -2.60. The van der Waals surface area contributed by atoms with Crippen molar-refractivity contribution in [3.05, 3.63) is 85.1 Å². The number of unbranched alkanes of at least 4 members (excludes halogenated alkanes) is 37. The lowest BCUT2D eigenvalue weighted by Gasteiger charge is -2.40. The van der Waals surface area contributed by atoms with E-state index in [9.17, 15) is 35.1 Å². The van der Waals surface area contributed by atoms with Crippen molar-refractivity contribution in [1.29, 1.82) is 0 Å². The molecular formula is C76H135NO10. The summed E-state index contributed by atoms with van der Waals surface area (Å²) < 4.78 is 16.7. The average Bonchev–Trinajstić information content (AvgIpc) is 2.05. The number of hydrogen-bond acceptors (Lipinski definition) is 10. The maximum absolute atomic E-state index is 13.0. The highest BCUT2D eigenvalue weighted by molar-refractivity contribution is 5.76. The van der Waals surface area contributed by atoms with Gasteiger partial charge in [0.2, 0.25) is 5.91 Å². The average molecular weight is 1220 g/mol. The molecule has 504 valence electrons. The molecular weight excluding hydrogens is 1090 g/mol. The first-order valence-electron chi connectivity index (χ1n) is 36.4. The lowest BCUT2D eigenvalue weighted by molar-refractivity contribution is -0.302. The van der Waals surface area contributed by atoms with Gasteiger partial charge in [-0.1, -0.05) is 279 Å². The van der Waals surface area contributed by atoms with Crippen LogP contribution >= 0.6 is 0 Å². The van der Waals surface area contributed by atoms with Gasteiger partial charge in [0.1, 0.15) is 24.4 Å². The minimum atomic E-state index is -1.58. The van der Waals surface area contributed by atoms with Crippen LogP contribution in [0.4, 0.5) is 0 Å². The van der Waals surface area contributed by atoms with E-state index in [2.05, 4.69) is 92.1 Å². The SMILES string of the molecule is CC/C=C/CC/C=C/CC/C=C/C(O)C(COC1OC(CO)C(O)C(O)C1O)NC(=O)CCCCCCCCCCCCCCCCC/C=C\C/C=C\CCCCCCCCCCCOC(=O)CCCCCCCCC/C=C\C/C=C\CCCCCC. The second-order valence-corrected chi connectivity index (χ2v) is 24.9. The van der Waals surface area contributed by atoms with Crippen molar-refractivity contribution < 1.29 is 49.3 Å². The molecule has 0 aromatic rings. The number of amides is 1. The van der Waals surface area contributed by atoms with Gasteiger partial charge < -0.3 is 45.1 Å². The third-order valence-corrected chi connectivity index (χ3v) is 16.7. The molecule has 0 aromatic heterocycles. The third kappa shape index (κ3) is 53.2. The fourth-order valence-electron chi connectivity index (χ4n) is 11.0. The Bertz CT molecular complexity index is 1720. The van der Waals surface area contributed by atoms with E-state index in [0.29, 0.717) is 19.4 Å². The Balaban J connectivity index is 1.93. The van der Waals surface area contributed by atoms with E-state index < -0.39 is 49.5 Å². The molecule has 1 fully saturated rings. The summed E-state index contributed by atoms with van der Waals surface area (Å²) in [5.41, 5.74) is 0. The molecule has 1 rings (SSSR count). The summed E-state index contributed by atoms with van der Waals surface area (Å²) >= 11 is 0. The molecule has 1 amide bonds.